The van der Waals surface area contributed by atoms with Crippen LogP contribution in [0.4, 0.5) is 0 Å². The predicted octanol–water partition coefficient (Wildman–Crippen LogP) is 22.3. The van der Waals surface area contributed by atoms with E-state index >= 15 is 0 Å². The fraction of sp³-hybridized carbons (Fsp3) is 0.757. The molecule has 0 radical (unpaired) electrons. The molecule has 0 aromatic rings. The first-order valence-corrected chi connectivity index (χ1v) is 32.6. The Labute approximate surface area is 471 Å². The van der Waals surface area contributed by atoms with Gasteiger partial charge in [-0.1, -0.05) is 273 Å². The van der Waals surface area contributed by atoms with Crippen LogP contribution in [0.25, 0.3) is 0 Å². The van der Waals surface area contributed by atoms with Gasteiger partial charge in [-0.25, -0.2) is 0 Å². The molecule has 438 valence electrons. The molecule has 0 saturated carbocycles. The summed E-state index contributed by atoms with van der Waals surface area (Å²) in [4.78, 5) is 38.3. The summed E-state index contributed by atoms with van der Waals surface area (Å²) in [5, 5.41) is 0. The number of rotatable bonds is 59. The van der Waals surface area contributed by atoms with Crippen LogP contribution in [-0.4, -0.2) is 37.2 Å². The normalized spacial score (nSPS) is 12.6. The van der Waals surface area contributed by atoms with Crippen LogP contribution in [0, 0.1) is 0 Å². The Hall–Kier alpha value is -3.41. The summed E-state index contributed by atoms with van der Waals surface area (Å²) in [6.07, 6.45) is 84.4. The third-order valence-electron chi connectivity index (χ3n) is 14.1. The number of allylic oxidation sites excluding steroid dienone is 14. The zero-order valence-electron chi connectivity index (χ0n) is 50.3. The smallest absolute Gasteiger partial charge is 0.306 e. The van der Waals surface area contributed by atoms with E-state index in [0.29, 0.717) is 19.3 Å². The number of unbranched alkanes of at least 4 members (excludes halogenated alkanes) is 34. The van der Waals surface area contributed by atoms with Crippen molar-refractivity contribution in [2.24, 2.45) is 0 Å². The van der Waals surface area contributed by atoms with Gasteiger partial charge in [0, 0.05) is 19.3 Å². The van der Waals surface area contributed by atoms with Gasteiger partial charge < -0.3 is 14.2 Å². The molecule has 6 nitrogen and oxygen atoms in total. The van der Waals surface area contributed by atoms with Crippen molar-refractivity contribution in [1.82, 2.24) is 0 Å². The molecular formula is C70H122O6. The predicted molar refractivity (Wildman–Crippen MR) is 330 cm³/mol. The Bertz CT molecular complexity index is 1450. The van der Waals surface area contributed by atoms with Crippen LogP contribution in [0.1, 0.15) is 323 Å². The lowest BCUT2D eigenvalue weighted by Gasteiger charge is -2.18. The van der Waals surface area contributed by atoms with E-state index in [-0.39, 0.29) is 31.1 Å². The van der Waals surface area contributed by atoms with E-state index in [4.69, 9.17) is 14.2 Å². The maximum Gasteiger partial charge on any atom is 0.306 e. The second-order valence-corrected chi connectivity index (χ2v) is 21.6. The average molecular weight is 1060 g/mol. The van der Waals surface area contributed by atoms with Crippen molar-refractivity contribution in [2.75, 3.05) is 13.2 Å². The zero-order valence-corrected chi connectivity index (χ0v) is 50.3. The quantitative estimate of drug-likeness (QED) is 0.0261. The minimum atomic E-state index is -0.784. The Morgan fingerprint density at radius 1 is 0.276 bits per heavy atom. The largest absolute Gasteiger partial charge is 0.462 e. The molecule has 1 atom stereocenters. The highest BCUT2D eigenvalue weighted by atomic mass is 16.6. The van der Waals surface area contributed by atoms with Gasteiger partial charge in [0.15, 0.2) is 6.10 Å². The van der Waals surface area contributed by atoms with Crippen molar-refractivity contribution in [3.8, 4) is 0 Å². The molecule has 0 aromatic carbocycles. The Morgan fingerprint density at radius 3 is 0.842 bits per heavy atom. The first kappa shape index (κ1) is 72.6. The van der Waals surface area contributed by atoms with Gasteiger partial charge in [-0.15, -0.1) is 0 Å². The number of hydrogen-bond acceptors (Lipinski definition) is 6. The first-order valence-electron chi connectivity index (χ1n) is 32.6. The van der Waals surface area contributed by atoms with E-state index in [1.807, 2.05) is 0 Å². The Kier molecular flexibility index (Phi) is 61.2. The van der Waals surface area contributed by atoms with Crippen molar-refractivity contribution in [3.63, 3.8) is 0 Å². The van der Waals surface area contributed by atoms with E-state index < -0.39 is 6.10 Å². The van der Waals surface area contributed by atoms with E-state index in [1.54, 1.807) is 0 Å². The van der Waals surface area contributed by atoms with E-state index in [0.717, 1.165) is 96.3 Å². The molecule has 0 saturated heterocycles. The molecular weight excluding hydrogens is 937 g/mol. The van der Waals surface area contributed by atoms with Gasteiger partial charge in [-0.2, -0.15) is 0 Å². The van der Waals surface area contributed by atoms with Crippen LogP contribution in [0.2, 0.25) is 0 Å². The summed E-state index contributed by atoms with van der Waals surface area (Å²) in [7, 11) is 0. The standard InChI is InChI=1S/C70H122O6/c1-4-7-10-13-16-19-22-25-28-30-32-33-34-35-36-37-39-40-42-45-48-51-54-57-60-63-69(72)75-66-67(65-74-68(71)62-59-56-53-50-47-44-27-24-21-18-15-12-9-6-3)76-70(73)64-61-58-55-52-49-46-43-41-38-31-29-26-23-20-17-14-11-8-5-2/h7,10,16-17,19-20,24-29,32-33,67H,4-6,8-9,11-15,18,21-23,30-31,34-66H2,1-3H3/b10-7-,19-16-,20-17-,27-24-,28-25-,29-26-,33-32-. The fourth-order valence-electron chi connectivity index (χ4n) is 9.23. The Morgan fingerprint density at radius 2 is 0.513 bits per heavy atom. The number of ether oxygens (including phenoxy) is 3. The summed E-state index contributed by atoms with van der Waals surface area (Å²) in [6, 6.07) is 0. The lowest BCUT2D eigenvalue weighted by molar-refractivity contribution is -0.167. The highest BCUT2D eigenvalue weighted by molar-refractivity contribution is 5.71. The van der Waals surface area contributed by atoms with Gasteiger partial charge in [-0.3, -0.25) is 14.4 Å². The van der Waals surface area contributed by atoms with Crippen LogP contribution in [0.5, 0.6) is 0 Å². The van der Waals surface area contributed by atoms with E-state index in [1.165, 1.54) is 186 Å². The number of hydrogen-bond donors (Lipinski definition) is 0. The summed E-state index contributed by atoms with van der Waals surface area (Å²) in [5.74, 6) is -0.881. The van der Waals surface area contributed by atoms with Crippen molar-refractivity contribution < 1.29 is 28.6 Å². The third kappa shape index (κ3) is 61.4. The highest BCUT2D eigenvalue weighted by Gasteiger charge is 2.19. The molecule has 0 rings (SSSR count). The molecule has 6 heteroatoms. The highest BCUT2D eigenvalue weighted by Crippen LogP contribution is 2.16. The summed E-state index contributed by atoms with van der Waals surface area (Å²) in [6.45, 7) is 6.52. The summed E-state index contributed by atoms with van der Waals surface area (Å²) in [5.41, 5.74) is 0. The summed E-state index contributed by atoms with van der Waals surface area (Å²) < 4.78 is 16.9. The van der Waals surface area contributed by atoms with Gasteiger partial charge >= 0.3 is 17.9 Å². The lowest BCUT2D eigenvalue weighted by atomic mass is 10.0. The number of esters is 3. The number of carbonyl (C=O) groups excluding carboxylic acids is 3. The summed E-state index contributed by atoms with van der Waals surface area (Å²) >= 11 is 0. The van der Waals surface area contributed by atoms with E-state index in [9.17, 15) is 14.4 Å². The molecule has 0 aliphatic carbocycles. The van der Waals surface area contributed by atoms with Crippen LogP contribution < -0.4 is 0 Å². The van der Waals surface area contributed by atoms with Crippen molar-refractivity contribution in [3.05, 3.63) is 85.1 Å². The molecule has 0 heterocycles. The second kappa shape index (κ2) is 64.1. The molecule has 0 aliphatic heterocycles. The van der Waals surface area contributed by atoms with Crippen LogP contribution in [0.15, 0.2) is 85.1 Å². The van der Waals surface area contributed by atoms with Crippen LogP contribution in [0.3, 0.4) is 0 Å². The Balaban J connectivity index is 4.32. The first-order chi connectivity index (χ1) is 37.5. The number of carbonyl (C=O) groups is 3. The topological polar surface area (TPSA) is 78.9 Å². The minimum absolute atomic E-state index is 0.0801. The van der Waals surface area contributed by atoms with Gasteiger partial charge in [0.25, 0.3) is 0 Å². The van der Waals surface area contributed by atoms with E-state index in [2.05, 4.69) is 106 Å². The maximum absolute atomic E-state index is 12.9. The fourth-order valence-corrected chi connectivity index (χ4v) is 9.23. The zero-order chi connectivity index (χ0) is 55.0. The molecule has 0 aromatic heterocycles. The van der Waals surface area contributed by atoms with Gasteiger partial charge in [-0.05, 0) is 116 Å². The molecule has 0 amide bonds. The third-order valence-corrected chi connectivity index (χ3v) is 14.1. The maximum atomic E-state index is 12.9. The molecule has 76 heavy (non-hydrogen) atoms. The molecule has 0 aliphatic rings. The van der Waals surface area contributed by atoms with Crippen molar-refractivity contribution in [2.45, 2.75) is 329 Å². The molecule has 0 N–H and O–H groups in total. The van der Waals surface area contributed by atoms with Crippen molar-refractivity contribution in [1.29, 1.82) is 0 Å². The van der Waals surface area contributed by atoms with Crippen LogP contribution >= 0.6 is 0 Å². The molecule has 1 unspecified atom stereocenters. The van der Waals surface area contributed by atoms with Gasteiger partial charge in [0.2, 0.25) is 0 Å². The molecule has 0 fully saturated rings. The SMILES string of the molecule is CC/C=C\C/C=C\C/C=C\C/C=C\CCCCCCCCCCCCCCC(=O)OCC(COC(=O)CCCCCCC/C=C\CCCCCCC)OC(=O)CCCCCCCCCCC/C=C\C/C=C\CCCCC. The second-order valence-electron chi connectivity index (χ2n) is 21.6. The van der Waals surface area contributed by atoms with Gasteiger partial charge in [0.1, 0.15) is 13.2 Å². The minimum Gasteiger partial charge on any atom is -0.462 e. The van der Waals surface area contributed by atoms with Crippen LogP contribution in [-0.2, 0) is 28.6 Å². The molecule has 0 spiro atoms. The lowest BCUT2D eigenvalue weighted by Crippen LogP contribution is -2.30. The van der Waals surface area contributed by atoms with Gasteiger partial charge in [0.05, 0.1) is 0 Å². The average Bonchev–Trinajstić information content (AvgIpc) is 3.42. The monoisotopic (exact) mass is 1060 g/mol. The molecule has 0 bridgehead atoms. The van der Waals surface area contributed by atoms with Crippen molar-refractivity contribution >= 4 is 17.9 Å².